The second kappa shape index (κ2) is 7.15. The Hall–Kier alpha value is -2.53. The Morgan fingerprint density at radius 3 is 2.84 bits per heavy atom. The van der Waals surface area contributed by atoms with Crippen molar-refractivity contribution in [3.63, 3.8) is 0 Å². The molecule has 130 valence electrons. The minimum atomic E-state index is -0.813. The molecule has 2 aromatic rings. The van der Waals surface area contributed by atoms with Gasteiger partial charge in [0.1, 0.15) is 5.54 Å². The first kappa shape index (κ1) is 17.3. The standard InChI is InChI=1S/C17H19N5O2S/c1-17(11-18,13-7-8-13)19-14(23)10-25-16-21-20-15(24)22(16)9-12-5-3-2-4-6-12/h2-6,13H,7-10H2,1H3,(H,19,23)(H,20,24)/t17-/m0/s1. The summed E-state index contributed by atoms with van der Waals surface area (Å²) in [4.78, 5) is 24.1. The molecular weight excluding hydrogens is 338 g/mol. The van der Waals surface area contributed by atoms with Crippen molar-refractivity contribution in [2.75, 3.05) is 5.75 Å². The molecule has 1 aromatic carbocycles. The number of aromatic nitrogens is 3. The second-order valence-electron chi connectivity index (χ2n) is 6.31. The normalized spacial score (nSPS) is 16.0. The molecule has 1 aliphatic carbocycles. The number of carbonyl (C=O) groups is 1. The summed E-state index contributed by atoms with van der Waals surface area (Å²) in [5.74, 6) is 0.0963. The summed E-state index contributed by atoms with van der Waals surface area (Å²) in [6.45, 7) is 2.14. The van der Waals surface area contributed by atoms with Crippen molar-refractivity contribution in [1.82, 2.24) is 20.1 Å². The van der Waals surface area contributed by atoms with E-state index in [1.807, 2.05) is 30.3 Å². The smallest absolute Gasteiger partial charge is 0.337 e. The first-order valence-corrected chi connectivity index (χ1v) is 9.04. The van der Waals surface area contributed by atoms with Gasteiger partial charge in [-0.05, 0) is 31.2 Å². The molecular formula is C17H19N5O2S. The van der Waals surface area contributed by atoms with E-state index in [9.17, 15) is 14.9 Å². The van der Waals surface area contributed by atoms with Crippen LogP contribution in [0.15, 0.2) is 40.3 Å². The number of nitrogens with one attached hydrogen (secondary N) is 2. The van der Waals surface area contributed by atoms with Crippen LogP contribution in [0.5, 0.6) is 0 Å². The van der Waals surface area contributed by atoms with Crippen LogP contribution in [0.2, 0.25) is 0 Å². The maximum Gasteiger partial charge on any atom is 0.344 e. The van der Waals surface area contributed by atoms with Gasteiger partial charge in [-0.2, -0.15) is 5.26 Å². The van der Waals surface area contributed by atoms with Crippen LogP contribution in [0, 0.1) is 17.2 Å². The van der Waals surface area contributed by atoms with Gasteiger partial charge < -0.3 is 5.32 Å². The summed E-state index contributed by atoms with van der Waals surface area (Å²) in [6, 6.07) is 11.8. The molecule has 1 saturated carbocycles. The lowest BCUT2D eigenvalue weighted by molar-refractivity contribution is -0.119. The number of amides is 1. The molecule has 25 heavy (non-hydrogen) atoms. The summed E-state index contributed by atoms with van der Waals surface area (Å²) in [7, 11) is 0. The van der Waals surface area contributed by atoms with Crippen molar-refractivity contribution in [2.45, 2.75) is 37.0 Å². The first-order chi connectivity index (χ1) is 12.0. The number of H-pyrrole nitrogens is 1. The fourth-order valence-electron chi connectivity index (χ4n) is 2.66. The summed E-state index contributed by atoms with van der Waals surface area (Å²) < 4.78 is 1.50. The van der Waals surface area contributed by atoms with E-state index in [0.717, 1.165) is 18.4 Å². The lowest BCUT2D eigenvalue weighted by atomic mass is 9.98. The molecule has 0 unspecified atom stereocenters. The Bertz CT molecular complexity index is 850. The number of carbonyl (C=O) groups excluding carboxylic acids is 1. The molecule has 0 bridgehead atoms. The average molecular weight is 357 g/mol. The molecule has 2 N–H and O–H groups in total. The molecule has 1 heterocycles. The van der Waals surface area contributed by atoms with E-state index in [1.165, 1.54) is 16.3 Å². The summed E-state index contributed by atoms with van der Waals surface area (Å²) >= 11 is 1.18. The molecule has 0 aliphatic heterocycles. The zero-order chi connectivity index (χ0) is 17.9. The van der Waals surface area contributed by atoms with Crippen LogP contribution in [-0.2, 0) is 11.3 Å². The maximum absolute atomic E-state index is 12.2. The van der Waals surface area contributed by atoms with Crippen molar-refractivity contribution < 1.29 is 4.79 Å². The molecule has 1 aliphatic rings. The topological polar surface area (TPSA) is 104 Å². The van der Waals surface area contributed by atoms with Crippen LogP contribution in [0.3, 0.4) is 0 Å². The van der Waals surface area contributed by atoms with Gasteiger partial charge in [0, 0.05) is 0 Å². The first-order valence-electron chi connectivity index (χ1n) is 8.06. The van der Waals surface area contributed by atoms with Gasteiger partial charge in [-0.3, -0.25) is 9.36 Å². The third kappa shape index (κ3) is 4.12. The third-order valence-electron chi connectivity index (χ3n) is 4.26. The molecule has 0 spiro atoms. The minimum Gasteiger partial charge on any atom is -0.337 e. The summed E-state index contributed by atoms with van der Waals surface area (Å²) in [6.07, 6.45) is 1.93. The monoisotopic (exact) mass is 357 g/mol. The van der Waals surface area contributed by atoms with Gasteiger partial charge >= 0.3 is 5.69 Å². The van der Waals surface area contributed by atoms with Gasteiger partial charge in [-0.1, -0.05) is 42.1 Å². The van der Waals surface area contributed by atoms with Gasteiger partial charge in [-0.15, -0.1) is 5.10 Å². The van der Waals surface area contributed by atoms with E-state index < -0.39 is 5.54 Å². The van der Waals surface area contributed by atoms with Crippen LogP contribution >= 0.6 is 11.8 Å². The zero-order valence-electron chi connectivity index (χ0n) is 13.9. The van der Waals surface area contributed by atoms with Gasteiger partial charge in [0.2, 0.25) is 5.91 Å². The Labute approximate surface area is 149 Å². The van der Waals surface area contributed by atoms with Crippen LogP contribution < -0.4 is 11.0 Å². The van der Waals surface area contributed by atoms with Crippen molar-refractivity contribution in [1.29, 1.82) is 5.26 Å². The quantitative estimate of drug-likeness (QED) is 0.731. The fraction of sp³-hybridized carbons (Fsp3) is 0.412. The predicted molar refractivity (Wildman–Crippen MR) is 94.0 cm³/mol. The van der Waals surface area contributed by atoms with Crippen molar-refractivity contribution in [3.8, 4) is 6.07 Å². The number of benzene rings is 1. The fourth-order valence-corrected chi connectivity index (χ4v) is 3.40. The lowest BCUT2D eigenvalue weighted by Gasteiger charge is -2.22. The van der Waals surface area contributed by atoms with Crippen molar-refractivity contribution in [2.24, 2.45) is 5.92 Å². The zero-order valence-corrected chi connectivity index (χ0v) is 14.7. The third-order valence-corrected chi connectivity index (χ3v) is 5.24. The lowest BCUT2D eigenvalue weighted by Crippen LogP contribution is -2.47. The van der Waals surface area contributed by atoms with E-state index in [0.29, 0.717) is 11.7 Å². The molecule has 1 fully saturated rings. The van der Waals surface area contributed by atoms with E-state index in [-0.39, 0.29) is 23.3 Å². The van der Waals surface area contributed by atoms with Crippen molar-refractivity contribution in [3.05, 3.63) is 46.4 Å². The number of thioether (sulfide) groups is 1. The molecule has 7 nitrogen and oxygen atoms in total. The van der Waals surface area contributed by atoms with Gasteiger partial charge in [0.15, 0.2) is 5.16 Å². The highest BCUT2D eigenvalue weighted by molar-refractivity contribution is 7.99. The second-order valence-corrected chi connectivity index (χ2v) is 7.25. The molecule has 1 amide bonds. The summed E-state index contributed by atoms with van der Waals surface area (Å²) in [5.41, 5.74) is -0.151. The van der Waals surface area contributed by atoms with Crippen LogP contribution in [0.4, 0.5) is 0 Å². The highest BCUT2D eigenvalue weighted by Gasteiger charge is 2.42. The van der Waals surface area contributed by atoms with Crippen LogP contribution in [0.1, 0.15) is 25.3 Å². The number of hydrogen-bond donors (Lipinski definition) is 2. The number of nitriles is 1. The Morgan fingerprint density at radius 2 is 2.20 bits per heavy atom. The highest BCUT2D eigenvalue weighted by atomic mass is 32.2. The van der Waals surface area contributed by atoms with Gasteiger partial charge in [-0.25, -0.2) is 9.89 Å². The van der Waals surface area contributed by atoms with E-state index in [4.69, 9.17) is 0 Å². The minimum absolute atomic E-state index is 0.100. The Balaban J connectivity index is 1.63. The van der Waals surface area contributed by atoms with E-state index in [1.54, 1.807) is 6.92 Å². The van der Waals surface area contributed by atoms with Crippen molar-refractivity contribution >= 4 is 17.7 Å². The number of rotatable bonds is 7. The largest absolute Gasteiger partial charge is 0.344 e. The maximum atomic E-state index is 12.2. The van der Waals surface area contributed by atoms with Gasteiger partial charge in [0.05, 0.1) is 18.4 Å². The highest BCUT2D eigenvalue weighted by Crippen LogP contribution is 2.39. The molecule has 1 atom stereocenters. The van der Waals surface area contributed by atoms with E-state index >= 15 is 0 Å². The van der Waals surface area contributed by atoms with Crippen LogP contribution in [-0.4, -0.2) is 32.0 Å². The molecule has 3 rings (SSSR count). The average Bonchev–Trinajstić information content (AvgIpc) is 3.41. The van der Waals surface area contributed by atoms with E-state index in [2.05, 4.69) is 21.6 Å². The Kier molecular flexibility index (Phi) is 4.95. The predicted octanol–water partition coefficient (Wildman–Crippen LogP) is 1.52. The number of aromatic amines is 1. The molecule has 1 aromatic heterocycles. The van der Waals surface area contributed by atoms with Crippen LogP contribution in [0.25, 0.3) is 0 Å². The summed E-state index contributed by atoms with van der Waals surface area (Å²) in [5, 5.41) is 19.0. The SMILES string of the molecule is C[C@@](C#N)(NC(=O)CSc1n[nH]c(=O)n1Cc1ccccc1)C1CC1. The number of hydrogen-bond acceptors (Lipinski definition) is 5. The molecule has 8 heteroatoms. The molecule has 0 radical (unpaired) electrons. The Morgan fingerprint density at radius 1 is 1.48 bits per heavy atom. The van der Waals surface area contributed by atoms with Gasteiger partial charge in [0.25, 0.3) is 0 Å². The number of nitrogens with zero attached hydrogens (tertiary/aromatic N) is 3. The molecule has 0 saturated heterocycles.